The summed E-state index contributed by atoms with van der Waals surface area (Å²) in [5.74, 6) is 0.474. The molecule has 0 amide bonds. The molecule has 2 heterocycles. The Bertz CT molecular complexity index is 507. The maximum Gasteiger partial charge on any atom is 0.105 e. The van der Waals surface area contributed by atoms with E-state index >= 15 is 0 Å². The van der Waals surface area contributed by atoms with Crippen LogP contribution in [0, 0.1) is 5.92 Å². The molecule has 2 saturated heterocycles. The van der Waals surface area contributed by atoms with Gasteiger partial charge in [0, 0.05) is 17.9 Å². The Morgan fingerprint density at radius 1 is 1.05 bits per heavy atom. The molecule has 1 unspecified atom stereocenters. The number of hydrogen-bond donors (Lipinski definition) is 1. The second-order valence-corrected chi connectivity index (χ2v) is 7.53. The first-order valence-electron chi connectivity index (χ1n) is 8.05. The fraction of sp³-hybridized carbons (Fsp3) is 0.647. The van der Waals surface area contributed by atoms with Crippen LogP contribution in [0.15, 0.2) is 18.2 Å². The molecule has 0 bridgehead atoms. The van der Waals surface area contributed by atoms with E-state index in [4.69, 9.17) is 23.2 Å². The number of aliphatic hydroxyl groups excluding tert-OH is 1. The number of hydrogen-bond acceptors (Lipinski definition) is 1. The van der Waals surface area contributed by atoms with Crippen molar-refractivity contribution < 1.29 is 22.0 Å². The first kappa shape index (κ1) is 18.4. The highest BCUT2D eigenvalue weighted by atomic mass is 35.5. The molecular formula is C17H24Cl3NO. The predicted octanol–water partition coefficient (Wildman–Crippen LogP) is 1.27. The average Bonchev–Trinajstić information content (AvgIpc) is 2.50. The highest BCUT2D eigenvalue weighted by molar-refractivity contribution is 6.42. The van der Waals surface area contributed by atoms with Gasteiger partial charge in [0.25, 0.3) is 0 Å². The van der Waals surface area contributed by atoms with Crippen LogP contribution in [0.5, 0.6) is 0 Å². The molecule has 22 heavy (non-hydrogen) atoms. The van der Waals surface area contributed by atoms with Gasteiger partial charge < -0.3 is 22.0 Å². The summed E-state index contributed by atoms with van der Waals surface area (Å²) in [7, 11) is 0. The van der Waals surface area contributed by atoms with Crippen LogP contribution in [0.2, 0.25) is 10.0 Å². The number of fused-ring (bicyclic) bond motifs is 1. The van der Waals surface area contributed by atoms with Crippen molar-refractivity contribution in [3.63, 3.8) is 0 Å². The minimum Gasteiger partial charge on any atom is -1.00 e. The first-order valence-corrected chi connectivity index (χ1v) is 8.81. The Kier molecular flexibility index (Phi) is 6.44. The lowest BCUT2D eigenvalue weighted by Crippen LogP contribution is -3.00. The minimum absolute atomic E-state index is 0. The zero-order chi connectivity index (χ0) is 14.9. The van der Waals surface area contributed by atoms with Crippen LogP contribution in [0.3, 0.4) is 0 Å². The molecule has 0 spiro atoms. The van der Waals surface area contributed by atoms with Gasteiger partial charge in [0.2, 0.25) is 0 Å². The summed E-state index contributed by atoms with van der Waals surface area (Å²) in [6, 6.07) is 6.65. The van der Waals surface area contributed by atoms with Gasteiger partial charge in [-0.05, 0) is 37.8 Å². The summed E-state index contributed by atoms with van der Waals surface area (Å²) < 4.78 is 1.14. The number of benzene rings is 1. The van der Waals surface area contributed by atoms with E-state index in [9.17, 15) is 5.11 Å². The Balaban J connectivity index is 0.00000176. The van der Waals surface area contributed by atoms with Gasteiger partial charge in [0.15, 0.2) is 0 Å². The molecule has 3 atom stereocenters. The second-order valence-electron chi connectivity index (χ2n) is 6.72. The number of halogens is 3. The lowest BCUT2D eigenvalue weighted by Gasteiger charge is -2.53. The third-order valence-electron chi connectivity index (χ3n) is 5.50. The summed E-state index contributed by atoms with van der Waals surface area (Å²) in [5, 5.41) is 11.0. The lowest BCUT2D eigenvalue weighted by atomic mass is 9.81. The van der Waals surface area contributed by atoms with Crippen LogP contribution in [0.1, 0.15) is 37.7 Å². The maximum absolute atomic E-state index is 9.74. The molecule has 1 N–H and O–H groups in total. The molecule has 2 fully saturated rings. The monoisotopic (exact) mass is 363 g/mol. The predicted molar refractivity (Wildman–Crippen MR) is 87.6 cm³/mol. The van der Waals surface area contributed by atoms with E-state index in [1.807, 2.05) is 12.1 Å². The maximum atomic E-state index is 9.74. The fourth-order valence-corrected chi connectivity index (χ4v) is 4.85. The molecule has 124 valence electrons. The molecule has 0 aromatic heterocycles. The van der Waals surface area contributed by atoms with Gasteiger partial charge in [0.05, 0.1) is 35.8 Å². The van der Waals surface area contributed by atoms with Crippen LogP contribution in [-0.2, 0) is 6.54 Å². The Hall–Kier alpha value is 0.01000. The summed E-state index contributed by atoms with van der Waals surface area (Å²) in [6.07, 6.45) is 6.27. The van der Waals surface area contributed by atoms with Gasteiger partial charge in [-0.3, -0.25) is 0 Å². The fourth-order valence-electron chi connectivity index (χ4n) is 4.53. The number of piperidine rings is 2. The minimum atomic E-state index is 0. The molecule has 2 aliphatic rings. The van der Waals surface area contributed by atoms with Gasteiger partial charge in [-0.2, -0.15) is 0 Å². The first-order chi connectivity index (χ1) is 10.1. The van der Waals surface area contributed by atoms with E-state index in [0.29, 0.717) is 28.6 Å². The van der Waals surface area contributed by atoms with Crippen LogP contribution in [0.25, 0.3) is 0 Å². The van der Waals surface area contributed by atoms with Gasteiger partial charge in [0.1, 0.15) is 6.54 Å². The lowest BCUT2D eigenvalue weighted by molar-refractivity contribution is -0.976. The van der Waals surface area contributed by atoms with Crippen LogP contribution in [0.4, 0.5) is 0 Å². The Morgan fingerprint density at radius 2 is 1.82 bits per heavy atom. The summed E-state index contributed by atoms with van der Waals surface area (Å²) in [5.41, 5.74) is 1.27. The van der Waals surface area contributed by atoms with Crippen molar-refractivity contribution in [2.24, 2.45) is 5.92 Å². The van der Waals surface area contributed by atoms with Crippen LogP contribution in [-0.4, -0.2) is 35.3 Å². The summed E-state index contributed by atoms with van der Waals surface area (Å²) in [4.78, 5) is 0. The van der Waals surface area contributed by atoms with E-state index in [0.717, 1.165) is 11.0 Å². The van der Waals surface area contributed by atoms with Crippen molar-refractivity contribution >= 4 is 23.2 Å². The summed E-state index contributed by atoms with van der Waals surface area (Å²) in [6.45, 7) is 3.84. The molecule has 1 aromatic rings. The van der Waals surface area contributed by atoms with Crippen LogP contribution >= 0.6 is 23.2 Å². The summed E-state index contributed by atoms with van der Waals surface area (Å²) >= 11 is 12.2. The zero-order valence-electron chi connectivity index (χ0n) is 12.8. The number of rotatable bonds is 3. The largest absolute Gasteiger partial charge is 1.00 e. The third-order valence-corrected chi connectivity index (χ3v) is 6.23. The standard InChI is InChI=1S/C17H24Cl2NO.ClH/c18-15-7-6-13(10-16(15)19)11-20-8-2-1-5-17(20)14(12-21)4-3-9-20;/h6-7,10,14,17,21H,1-5,8-9,11-12H2;1H/q+1;/p-1/t14-,17+,20?;/m0./s1. The highest BCUT2D eigenvalue weighted by Gasteiger charge is 2.46. The molecule has 0 aliphatic carbocycles. The molecule has 0 radical (unpaired) electrons. The van der Waals surface area contributed by atoms with Crippen LogP contribution < -0.4 is 12.4 Å². The highest BCUT2D eigenvalue weighted by Crippen LogP contribution is 2.39. The SMILES string of the molecule is OC[C@@H]1CCC[N+]2(Cc3ccc(Cl)c(Cl)c3)CCCC[C@H]12.[Cl-]. The molecule has 0 saturated carbocycles. The third kappa shape index (κ3) is 3.57. The topological polar surface area (TPSA) is 20.2 Å². The molecular weight excluding hydrogens is 341 g/mol. The molecule has 2 aliphatic heterocycles. The van der Waals surface area contributed by atoms with E-state index in [1.165, 1.54) is 50.8 Å². The van der Waals surface area contributed by atoms with E-state index in [-0.39, 0.29) is 12.4 Å². The molecule has 1 aromatic carbocycles. The van der Waals surface area contributed by atoms with Gasteiger partial charge in [-0.1, -0.05) is 29.3 Å². The van der Waals surface area contributed by atoms with Crippen molar-refractivity contribution in [3.8, 4) is 0 Å². The molecule has 5 heteroatoms. The zero-order valence-corrected chi connectivity index (χ0v) is 15.0. The number of nitrogens with zero attached hydrogens (tertiary/aromatic N) is 1. The van der Waals surface area contributed by atoms with E-state index in [2.05, 4.69) is 6.07 Å². The molecule has 3 rings (SSSR count). The molecule has 2 nitrogen and oxygen atoms in total. The van der Waals surface area contributed by atoms with Crippen molar-refractivity contribution in [1.82, 2.24) is 0 Å². The van der Waals surface area contributed by atoms with Gasteiger partial charge >= 0.3 is 0 Å². The van der Waals surface area contributed by atoms with Crippen molar-refractivity contribution in [1.29, 1.82) is 0 Å². The van der Waals surface area contributed by atoms with Crippen molar-refractivity contribution in [3.05, 3.63) is 33.8 Å². The Labute approximate surface area is 149 Å². The van der Waals surface area contributed by atoms with E-state index in [1.54, 1.807) is 0 Å². The quantitative estimate of drug-likeness (QED) is 0.801. The second kappa shape index (κ2) is 7.72. The smallest absolute Gasteiger partial charge is 0.105 e. The van der Waals surface area contributed by atoms with Crippen molar-refractivity contribution in [2.75, 3.05) is 19.7 Å². The van der Waals surface area contributed by atoms with Gasteiger partial charge in [-0.15, -0.1) is 0 Å². The Morgan fingerprint density at radius 3 is 2.55 bits per heavy atom. The number of quaternary nitrogens is 1. The average molecular weight is 365 g/mol. The van der Waals surface area contributed by atoms with Crippen molar-refractivity contribution in [2.45, 2.75) is 44.7 Å². The number of aliphatic hydroxyl groups is 1. The van der Waals surface area contributed by atoms with E-state index < -0.39 is 0 Å². The van der Waals surface area contributed by atoms with Gasteiger partial charge in [-0.25, -0.2) is 0 Å². The normalized spacial score (nSPS) is 31.2.